The molecule has 0 spiro atoms. The highest BCUT2D eigenvalue weighted by Crippen LogP contribution is 2.19. The van der Waals surface area contributed by atoms with Gasteiger partial charge in [0.2, 0.25) is 0 Å². The molecule has 0 saturated carbocycles. The van der Waals surface area contributed by atoms with Gasteiger partial charge in [0.1, 0.15) is 0 Å². The van der Waals surface area contributed by atoms with Crippen LogP contribution in [0.25, 0.3) is 0 Å². The Balaban J connectivity index is 2.57. The van der Waals surface area contributed by atoms with Crippen LogP contribution in [0.5, 0.6) is 0 Å². The van der Waals surface area contributed by atoms with Crippen LogP contribution in [0.1, 0.15) is 25.8 Å². The maximum Gasteiger partial charge on any atom is 0.0464 e. The van der Waals surface area contributed by atoms with Crippen LogP contribution >= 0.6 is 0 Å². The molecule has 78 valence electrons. The van der Waals surface area contributed by atoms with Crippen molar-refractivity contribution >= 4 is 0 Å². The minimum Gasteiger partial charge on any atom is -0.396 e. The second-order valence-electron chi connectivity index (χ2n) is 4.02. The maximum atomic E-state index is 9.29. The van der Waals surface area contributed by atoms with E-state index in [2.05, 4.69) is 38.1 Å². The van der Waals surface area contributed by atoms with E-state index in [9.17, 15) is 5.11 Å². The molecular formula is C13H20O. The number of hydrogen-bond donors (Lipinski definition) is 1. The van der Waals surface area contributed by atoms with Gasteiger partial charge < -0.3 is 5.11 Å². The molecule has 1 aromatic rings. The van der Waals surface area contributed by atoms with E-state index < -0.39 is 0 Å². The molecule has 2 atom stereocenters. The van der Waals surface area contributed by atoms with Gasteiger partial charge in [-0.1, -0.05) is 50.6 Å². The average Bonchev–Trinajstić information content (AvgIpc) is 2.26. The molecule has 14 heavy (non-hydrogen) atoms. The van der Waals surface area contributed by atoms with Crippen molar-refractivity contribution in [3.63, 3.8) is 0 Å². The van der Waals surface area contributed by atoms with Gasteiger partial charge in [-0.15, -0.1) is 0 Å². The summed E-state index contributed by atoms with van der Waals surface area (Å²) in [4.78, 5) is 0. The van der Waals surface area contributed by atoms with Gasteiger partial charge >= 0.3 is 0 Å². The van der Waals surface area contributed by atoms with E-state index in [0.29, 0.717) is 18.4 Å². The molecule has 0 aliphatic carbocycles. The predicted octanol–water partition coefficient (Wildman–Crippen LogP) is 2.88. The minimum absolute atomic E-state index is 0.296. The summed E-state index contributed by atoms with van der Waals surface area (Å²) in [5.41, 5.74) is 1.33. The Morgan fingerprint density at radius 1 is 1.21 bits per heavy atom. The van der Waals surface area contributed by atoms with E-state index in [1.165, 1.54) is 5.56 Å². The monoisotopic (exact) mass is 192 g/mol. The van der Waals surface area contributed by atoms with Crippen molar-refractivity contribution in [2.24, 2.45) is 11.8 Å². The van der Waals surface area contributed by atoms with Crippen LogP contribution in [-0.4, -0.2) is 11.7 Å². The topological polar surface area (TPSA) is 20.2 Å². The van der Waals surface area contributed by atoms with E-state index in [1.54, 1.807) is 0 Å². The fraction of sp³-hybridized carbons (Fsp3) is 0.538. The molecule has 1 aromatic carbocycles. The first-order valence-corrected chi connectivity index (χ1v) is 5.42. The third-order valence-corrected chi connectivity index (χ3v) is 3.02. The van der Waals surface area contributed by atoms with Crippen LogP contribution in [-0.2, 0) is 6.42 Å². The van der Waals surface area contributed by atoms with Crippen LogP contribution in [0.3, 0.4) is 0 Å². The number of rotatable bonds is 5. The van der Waals surface area contributed by atoms with Crippen LogP contribution < -0.4 is 0 Å². The van der Waals surface area contributed by atoms with Gasteiger partial charge in [-0.2, -0.15) is 0 Å². The molecule has 1 nitrogen and oxygen atoms in total. The Morgan fingerprint density at radius 3 is 2.36 bits per heavy atom. The molecule has 1 N–H and O–H groups in total. The number of aliphatic hydroxyl groups is 1. The van der Waals surface area contributed by atoms with Gasteiger partial charge in [-0.25, -0.2) is 0 Å². The summed E-state index contributed by atoms with van der Waals surface area (Å²) < 4.78 is 0. The lowest BCUT2D eigenvalue weighted by Crippen LogP contribution is -2.18. The van der Waals surface area contributed by atoms with Gasteiger partial charge in [0.05, 0.1) is 0 Å². The molecule has 0 fully saturated rings. The second kappa shape index (κ2) is 5.82. The summed E-state index contributed by atoms with van der Waals surface area (Å²) in [6.45, 7) is 4.69. The SMILES string of the molecule is CCC(C)[C@H](CO)Cc1ccccc1. The third kappa shape index (κ3) is 3.15. The first-order valence-electron chi connectivity index (χ1n) is 5.42. The summed E-state index contributed by atoms with van der Waals surface area (Å²) in [5.74, 6) is 1.00. The molecule has 0 aromatic heterocycles. The van der Waals surface area contributed by atoms with Crippen molar-refractivity contribution in [1.29, 1.82) is 0 Å². The summed E-state index contributed by atoms with van der Waals surface area (Å²) in [7, 11) is 0. The van der Waals surface area contributed by atoms with Gasteiger partial charge in [0, 0.05) is 6.61 Å². The van der Waals surface area contributed by atoms with Crippen molar-refractivity contribution < 1.29 is 5.11 Å². The zero-order chi connectivity index (χ0) is 10.4. The maximum absolute atomic E-state index is 9.29. The number of benzene rings is 1. The summed E-state index contributed by atoms with van der Waals surface area (Å²) in [6, 6.07) is 10.4. The van der Waals surface area contributed by atoms with Gasteiger partial charge in [0.15, 0.2) is 0 Å². The quantitative estimate of drug-likeness (QED) is 0.760. The van der Waals surface area contributed by atoms with Crippen molar-refractivity contribution in [3.05, 3.63) is 35.9 Å². The fourth-order valence-corrected chi connectivity index (χ4v) is 1.70. The second-order valence-corrected chi connectivity index (χ2v) is 4.02. The van der Waals surface area contributed by atoms with E-state index in [4.69, 9.17) is 0 Å². The van der Waals surface area contributed by atoms with Crippen molar-refractivity contribution in [2.75, 3.05) is 6.61 Å². The molecule has 1 heteroatoms. The third-order valence-electron chi connectivity index (χ3n) is 3.02. The summed E-state index contributed by atoms with van der Waals surface area (Å²) in [5, 5.41) is 9.29. The molecular weight excluding hydrogens is 172 g/mol. The lowest BCUT2D eigenvalue weighted by molar-refractivity contribution is 0.179. The number of aliphatic hydroxyl groups excluding tert-OH is 1. The zero-order valence-electron chi connectivity index (χ0n) is 9.11. The molecule has 0 bridgehead atoms. The van der Waals surface area contributed by atoms with Gasteiger partial charge in [0.25, 0.3) is 0 Å². The van der Waals surface area contributed by atoms with E-state index >= 15 is 0 Å². The molecule has 0 amide bonds. The van der Waals surface area contributed by atoms with Crippen LogP contribution in [0, 0.1) is 11.8 Å². The summed E-state index contributed by atoms with van der Waals surface area (Å²) in [6.07, 6.45) is 2.13. The fourth-order valence-electron chi connectivity index (χ4n) is 1.70. The Kier molecular flexibility index (Phi) is 4.68. The normalized spacial score (nSPS) is 15.1. The Morgan fingerprint density at radius 2 is 1.86 bits per heavy atom. The van der Waals surface area contributed by atoms with Crippen molar-refractivity contribution in [3.8, 4) is 0 Å². The van der Waals surface area contributed by atoms with Gasteiger partial charge in [-0.3, -0.25) is 0 Å². The minimum atomic E-state index is 0.296. The largest absolute Gasteiger partial charge is 0.396 e. The lowest BCUT2D eigenvalue weighted by atomic mass is 9.87. The average molecular weight is 192 g/mol. The first kappa shape index (κ1) is 11.3. The van der Waals surface area contributed by atoms with Crippen LogP contribution in [0.15, 0.2) is 30.3 Å². The number of hydrogen-bond acceptors (Lipinski definition) is 1. The lowest BCUT2D eigenvalue weighted by Gasteiger charge is -2.20. The first-order chi connectivity index (χ1) is 6.77. The standard InChI is InChI=1S/C13H20O/c1-3-11(2)13(10-14)9-12-7-5-4-6-8-12/h4-8,11,13-14H,3,9-10H2,1-2H3/t11?,13-/m0/s1. The Labute approximate surface area is 86.8 Å². The van der Waals surface area contributed by atoms with Gasteiger partial charge in [-0.05, 0) is 23.8 Å². The molecule has 0 aliphatic rings. The Hall–Kier alpha value is -0.820. The molecule has 1 unspecified atom stereocenters. The molecule has 0 heterocycles. The molecule has 1 rings (SSSR count). The van der Waals surface area contributed by atoms with E-state index in [0.717, 1.165) is 12.8 Å². The van der Waals surface area contributed by atoms with Crippen LogP contribution in [0.2, 0.25) is 0 Å². The van der Waals surface area contributed by atoms with Crippen LogP contribution in [0.4, 0.5) is 0 Å². The van der Waals surface area contributed by atoms with Crippen molar-refractivity contribution in [2.45, 2.75) is 26.7 Å². The smallest absolute Gasteiger partial charge is 0.0464 e. The Bertz CT molecular complexity index is 243. The predicted molar refractivity (Wildman–Crippen MR) is 60.2 cm³/mol. The highest BCUT2D eigenvalue weighted by atomic mass is 16.3. The zero-order valence-corrected chi connectivity index (χ0v) is 9.11. The molecule has 0 aliphatic heterocycles. The van der Waals surface area contributed by atoms with E-state index in [1.807, 2.05) is 6.07 Å². The highest BCUT2D eigenvalue weighted by molar-refractivity contribution is 5.15. The summed E-state index contributed by atoms with van der Waals surface area (Å²) >= 11 is 0. The van der Waals surface area contributed by atoms with E-state index in [-0.39, 0.29) is 0 Å². The molecule has 0 radical (unpaired) electrons. The van der Waals surface area contributed by atoms with Crippen molar-refractivity contribution in [1.82, 2.24) is 0 Å². The molecule has 0 saturated heterocycles. The highest BCUT2D eigenvalue weighted by Gasteiger charge is 2.14.